The monoisotopic (exact) mass is 848 g/mol. The van der Waals surface area contributed by atoms with Crippen LogP contribution in [0.4, 0.5) is 14.4 Å². The second kappa shape index (κ2) is 21.4. The van der Waals surface area contributed by atoms with Crippen LogP contribution >= 0.6 is 15.9 Å². The molecule has 2 rings (SSSR count). The van der Waals surface area contributed by atoms with Crippen molar-refractivity contribution in [3.05, 3.63) is 0 Å². The maximum atomic E-state index is 12.9. The number of ether oxygens (including phenoxy) is 5. The lowest BCUT2D eigenvalue weighted by atomic mass is 9.62. The highest BCUT2D eigenvalue weighted by molar-refractivity contribution is 9.09. The number of aliphatic hydroxyl groups excluding tert-OH is 1. The van der Waals surface area contributed by atoms with Crippen molar-refractivity contribution >= 4 is 40.1 Å². The number of hydrogen-bond acceptors (Lipinski definition) is 10. The van der Waals surface area contributed by atoms with E-state index in [-0.39, 0.29) is 78.1 Å². The summed E-state index contributed by atoms with van der Waals surface area (Å²) in [6, 6.07) is -0.0931. The third kappa shape index (κ3) is 18.6. The molecule has 0 aliphatic heterocycles. The van der Waals surface area contributed by atoms with E-state index in [1.807, 2.05) is 13.8 Å². The minimum absolute atomic E-state index is 0.00862. The van der Waals surface area contributed by atoms with E-state index >= 15 is 0 Å². The SMILES string of the molecule is COCC(C)(CBr)COCC(C)(CO)COC(=O)NC1CC(C)(C)CC(C)(CNC(=O)OCCCCOC(=O)NCC2(C)CC(NC(C)=O)CC(C)(C)C2)C1. The van der Waals surface area contributed by atoms with Crippen molar-refractivity contribution in [3.63, 3.8) is 0 Å². The Bertz CT molecular complexity index is 1260. The van der Waals surface area contributed by atoms with Gasteiger partial charge in [0.05, 0.1) is 39.6 Å². The molecular formula is C40H73BrN4O10. The molecule has 320 valence electrons. The van der Waals surface area contributed by atoms with E-state index in [1.54, 1.807) is 7.11 Å². The molecule has 0 heterocycles. The van der Waals surface area contributed by atoms with Crippen molar-refractivity contribution in [2.45, 2.75) is 126 Å². The number of nitrogens with one attached hydrogen (secondary N) is 4. The van der Waals surface area contributed by atoms with Crippen molar-refractivity contribution in [1.29, 1.82) is 0 Å². The van der Waals surface area contributed by atoms with Crippen molar-refractivity contribution in [1.82, 2.24) is 21.3 Å². The molecule has 2 aliphatic rings. The largest absolute Gasteiger partial charge is 0.450 e. The Kier molecular flexibility index (Phi) is 19.0. The third-order valence-electron chi connectivity index (χ3n) is 10.6. The zero-order valence-electron chi connectivity index (χ0n) is 35.4. The van der Waals surface area contributed by atoms with E-state index in [0.29, 0.717) is 50.9 Å². The number of hydrogen-bond donors (Lipinski definition) is 5. The molecule has 2 fully saturated rings. The normalized spacial score (nSPS) is 26.7. The van der Waals surface area contributed by atoms with Crippen molar-refractivity contribution < 1.29 is 48.0 Å². The molecule has 15 heteroatoms. The third-order valence-corrected chi connectivity index (χ3v) is 11.9. The van der Waals surface area contributed by atoms with Crippen LogP contribution in [0.3, 0.4) is 0 Å². The summed E-state index contributed by atoms with van der Waals surface area (Å²) in [6.45, 7) is 20.5. The first kappa shape index (κ1) is 48.8. The number of halogens is 1. The number of unbranched alkanes of at least 4 members (excludes halogenated alkanes) is 1. The van der Waals surface area contributed by atoms with Crippen LogP contribution < -0.4 is 21.3 Å². The van der Waals surface area contributed by atoms with Gasteiger partial charge in [0.1, 0.15) is 6.61 Å². The average Bonchev–Trinajstić information content (AvgIpc) is 3.05. The summed E-state index contributed by atoms with van der Waals surface area (Å²) in [5.74, 6) is -0.0424. The van der Waals surface area contributed by atoms with Gasteiger partial charge in [0.25, 0.3) is 0 Å². The fourth-order valence-corrected chi connectivity index (χ4v) is 9.15. The molecule has 0 bridgehead atoms. The van der Waals surface area contributed by atoms with Gasteiger partial charge in [-0.25, -0.2) is 14.4 Å². The summed E-state index contributed by atoms with van der Waals surface area (Å²) in [5, 5.41) is 22.6. The summed E-state index contributed by atoms with van der Waals surface area (Å²) >= 11 is 3.51. The van der Waals surface area contributed by atoms with Crippen LogP contribution in [0.15, 0.2) is 0 Å². The molecule has 0 saturated heterocycles. The summed E-state index contributed by atoms with van der Waals surface area (Å²) < 4.78 is 27.6. The number of carbonyl (C=O) groups is 4. The number of rotatable bonds is 21. The molecule has 2 saturated carbocycles. The van der Waals surface area contributed by atoms with Crippen LogP contribution in [0.1, 0.15) is 114 Å². The van der Waals surface area contributed by atoms with Crippen LogP contribution in [0.5, 0.6) is 0 Å². The molecule has 0 aromatic heterocycles. The number of alkyl halides is 1. The standard InChI is InChI=1S/C40H73BrN4O10/c1-29(47)44-30-15-35(2,3)19-37(6,17-30)22-42-32(48)53-13-11-12-14-54-33(49)43-23-38(7)18-31(16-36(4,5)20-38)45-34(50)55-28-40(9,24-46)27-52-26-39(8,21-41)25-51-10/h30-31,46H,11-28H2,1-10H3,(H,42,48)(H,43,49)(H,44,47)(H,45,50). The Labute approximate surface area is 338 Å². The van der Waals surface area contributed by atoms with E-state index in [9.17, 15) is 24.3 Å². The van der Waals surface area contributed by atoms with E-state index < -0.39 is 23.7 Å². The van der Waals surface area contributed by atoms with Crippen LogP contribution in [0.25, 0.3) is 0 Å². The van der Waals surface area contributed by atoms with Gasteiger partial charge in [-0.05, 0) is 73.0 Å². The van der Waals surface area contributed by atoms with Gasteiger partial charge in [-0.2, -0.15) is 0 Å². The Hall–Kier alpha value is -2.36. The molecule has 2 aliphatic carbocycles. The van der Waals surface area contributed by atoms with Gasteiger partial charge in [0.15, 0.2) is 0 Å². The zero-order valence-corrected chi connectivity index (χ0v) is 37.0. The molecule has 0 aromatic carbocycles. The molecule has 55 heavy (non-hydrogen) atoms. The van der Waals surface area contributed by atoms with Crippen molar-refractivity contribution in [2.75, 3.05) is 71.8 Å². The molecule has 0 aromatic rings. The predicted octanol–water partition coefficient (Wildman–Crippen LogP) is 6.31. The molecule has 4 amide bonds. The number of aliphatic hydroxyl groups is 1. The Morgan fingerprint density at radius 1 is 0.691 bits per heavy atom. The van der Waals surface area contributed by atoms with Crippen molar-refractivity contribution in [2.24, 2.45) is 32.5 Å². The number of methoxy groups -OCH3 is 1. The summed E-state index contributed by atoms with van der Waals surface area (Å²) in [5.41, 5.74) is -1.51. The fourth-order valence-electron chi connectivity index (χ4n) is 8.83. The van der Waals surface area contributed by atoms with E-state index in [0.717, 1.165) is 32.1 Å². The molecule has 5 N–H and O–H groups in total. The molecule has 6 unspecified atom stereocenters. The highest BCUT2D eigenvalue weighted by Gasteiger charge is 2.43. The maximum absolute atomic E-state index is 12.9. The highest BCUT2D eigenvalue weighted by Crippen LogP contribution is 2.47. The van der Waals surface area contributed by atoms with Gasteiger partial charge < -0.3 is 50.1 Å². The van der Waals surface area contributed by atoms with E-state index in [4.69, 9.17) is 23.7 Å². The van der Waals surface area contributed by atoms with Gasteiger partial charge in [0, 0.05) is 55.4 Å². The summed E-state index contributed by atoms with van der Waals surface area (Å²) in [7, 11) is 1.64. The molecular weight excluding hydrogens is 776 g/mol. The maximum Gasteiger partial charge on any atom is 0.407 e. The van der Waals surface area contributed by atoms with E-state index in [2.05, 4.69) is 78.7 Å². The van der Waals surface area contributed by atoms with Crippen LogP contribution in [0, 0.1) is 32.5 Å². The van der Waals surface area contributed by atoms with Gasteiger partial charge in [-0.1, -0.05) is 71.3 Å². The second-order valence-corrected chi connectivity index (χ2v) is 20.0. The molecule has 0 radical (unpaired) electrons. The van der Waals surface area contributed by atoms with Crippen molar-refractivity contribution in [3.8, 4) is 0 Å². The molecule has 6 atom stereocenters. The number of amides is 4. The zero-order chi connectivity index (χ0) is 41.6. The van der Waals surface area contributed by atoms with Crippen LogP contribution in [-0.2, 0) is 28.5 Å². The van der Waals surface area contributed by atoms with Crippen LogP contribution in [0.2, 0.25) is 0 Å². The summed E-state index contributed by atoms with van der Waals surface area (Å²) in [6.07, 6.45) is 4.38. The topological polar surface area (TPSA) is 183 Å². The quantitative estimate of drug-likeness (QED) is 0.0499. The highest BCUT2D eigenvalue weighted by atomic mass is 79.9. The average molecular weight is 850 g/mol. The van der Waals surface area contributed by atoms with Crippen LogP contribution in [-0.4, -0.2) is 113 Å². The van der Waals surface area contributed by atoms with Gasteiger partial charge in [-0.15, -0.1) is 0 Å². The number of alkyl carbamates (subject to hydrolysis) is 3. The van der Waals surface area contributed by atoms with Gasteiger partial charge in [-0.3, -0.25) is 4.79 Å². The molecule has 0 spiro atoms. The second-order valence-electron chi connectivity index (χ2n) is 19.5. The van der Waals surface area contributed by atoms with Gasteiger partial charge in [0.2, 0.25) is 5.91 Å². The Morgan fingerprint density at radius 3 is 1.60 bits per heavy atom. The first-order chi connectivity index (χ1) is 25.5. The smallest absolute Gasteiger partial charge is 0.407 e. The summed E-state index contributed by atoms with van der Waals surface area (Å²) in [4.78, 5) is 49.6. The lowest BCUT2D eigenvalue weighted by Crippen LogP contribution is -2.51. The first-order valence-electron chi connectivity index (χ1n) is 19.7. The fraction of sp³-hybridized carbons (Fsp3) is 0.900. The predicted molar refractivity (Wildman–Crippen MR) is 215 cm³/mol. The first-order valence-corrected chi connectivity index (χ1v) is 20.8. The lowest BCUT2D eigenvalue weighted by molar-refractivity contribution is -0.120. The molecule has 14 nitrogen and oxygen atoms in total. The van der Waals surface area contributed by atoms with Gasteiger partial charge >= 0.3 is 18.3 Å². The minimum Gasteiger partial charge on any atom is -0.450 e. The minimum atomic E-state index is -0.768. The Morgan fingerprint density at radius 2 is 1.16 bits per heavy atom. The number of carbonyl (C=O) groups excluding carboxylic acids is 4. The lowest BCUT2D eigenvalue weighted by Gasteiger charge is -2.46. The Balaban J connectivity index is 1.70. The van der Waals surface area contributed by atoms with E-state index in [1.165, 1.54) is 6.92 Å².